The molecule has 0 spiro atoms. The van der Waals surface area contributed by atoms with E-state index in [4.69, 9.17) is 26.2 Å². The molecule has 0 heterocycles. The molecule has 0 aliphatic rings. The minimum Gasteiger partial charge on any atom is -0.506 e. The van der Waals surface area contributed by atoms with Crippen LogP contribution in [0.15, 0.2) is 6.07 Å². The van der Waals surface area contributed by atoms with E-state index in [0.29, 0.717) is 0 Å². The van der Waals surface area contributed by atoms with E-state index in [2.05, 4.69) is 0 Å². The van der Waals surface area contributed by atoms with Crippen LogP contribution in [0.1, 0.15) is 11.7 Å². The summed E-state index contributed by atoms with van der Waals surface area (Å²) in [5.74, 6) is -1.88. The lowest BCUT2D eigenvalue weighted by atomic mass is 10.1. The van der Waals surface area contributed by atoms with Gasteiger partial charge in [0.05, 0.1) is 24.8 Å². The molecule has 0 aromatic heterocycles. The van der Waals surface area contributed by atoms with Gasteiger partial charge in [0, 0.05) is 6.07 Å². The molecule has 0 aliphatic heterocycles. The van der Waals surface area contributed by atoms with E-state index in [-0.39, 0.29) is 22.1 Å². The number of aliphatic hydroxyl groups is 1. The Bertz CT molecular complexity index is 445. The highest BCUT2D eigenvalue weighted by Gasteiger charge is 2.28. The first-order valence-corrected chi connectivity index (χ1v) is 4.86. The number of hydrogen-bond acceptors (Lipinski definition) is 5. The Labute approximate surface area is 102 Å². The number of phenols is 1. The van der Waals surface area contributed by atoms with Gasteiger partial charge >= 0.3 is 5.97 Å². The van der Waals surface area contributed by atoms with Crippen LogP contribution in [0, 0.1) is 0 Å². The fourth-order valence-electron chi connectivity index (χ4n) is 1.35. The maximum Gasteiger partial charge on any atom is 0.337 e. The van der Waals surface area contributed by atoms with Gasteiger partial charge in [-0.25, -0.2) is 4.79 Å². The second-order valence-electron chi connectivity index (χ2n) is 3.10. The third kappa shape index (κ3) is 2.37. The minimum absolute atomic E-state index is 0.0369. The van der Waals surface area contributed by atoms with Crippen molar-refractivity contribution in [2.75, 3.05) is 14.2 Å². The first-order chi connectivity index (χ1) is 7.93. The van der Waals surface area contributed by atoms with Crippen LogP contribution in [0.2, 0.25) is 5.02 Å². The molecule has 1 atom stereocenters. The number of carboxylic acid groups (broad SMARTS) is 1. The maximum atomic E-state index is 10.7. The smallest absolute Gasteiger partial charge is 0.337 e. The van der Waals surface area contributed by atoms with Gasteiger partial charge in [-0.1, -0.05) is 11.6 Å². The molecular formula is C10H11ClO6. The van der Waals surface area contributed by atoms with Gasteiger partial charge < -0.3 is 24.8 Å². The topological polar surface area (TPSA) is 96.2 Å². The molecule has 0 saturated carbocycles. The van der Waals surface area contributed by atoms with Crippen molar-refractivity contribution < 1.29 is 29.6 Å². The molecule has 17 heavy (non-hydrogen) atoms. The van der Waals surface area contributed by atoms with Crippen molar-refractivity contribution in [2.45, 2.75) is 6.10 Å². The predicted molar refractivity (Wildman–Crippen MR) is 58.8 cm³/mol. The van der Waals surface area contributed by atoms with Gasteiger partial charge in [-0.05, 0) is 0 Å². The zero-order chi connectivity index (χ0) is 13.2. The number of benzene rings is 1. The summed E-state index contributed by atoms with van der Waals surface area (Å²) in [7, 11) is 2.57. The van der Waals surface area contributed by atoms with E-state index in [1.807, 2.05) is 0 Å². The SMILES string of the molecule is COc1cc(O)c(Cl)c(C(O)C(=O)O)c1OC. The summed E-state index contributed by atoms with van der Waals surface area (Å²) >= 11 is 5.74. The van der Waals surface area contributed by atoms with Crippen molar-refractivity contribution in [1.82, 2.24) is 0 Å². The molecule has 1 unspecified atom stereocenters. The first kappa shape index (κ1) is 13.4. The molecule has 0 amide bonds. The Hall–Kier alpha value is -1.66. The number of methoxy groups -OCH3 is 2. The predicted octanol–water partition coefficient (Wildman–Crippen LogP) is 1.18. The quantitative estimate of drug-likeness (QED) is 0.754. The van der Waals surface area contributed by atoms with E-state index >= 15 is 0 Å². The van der Waals surface area contributed by atoms with Gasteiger partial charge in [-0.3, -0.25) is 0 Å². The fraction of sp³-hybridized carbons (Fsp3) is 0.300. The van der Waals surface area contributed by atoms with Crippen LogP contribution in [0.3, 0.4) is 0 Å². The Morgan fingerprint density at radius 1 is 1.41 bits per heavy atom. The summed E-state index contributed by atoms with van der Waals surface area (Å²) in [5, 5.41) is 27.4. The molecule has 0 fully saturated rings. The van der Waals surface area contributed by atoms with Crippen molar-refractivity contribution >= 4 is 17.6 Å². The van der Waals surface area contributed by atoms with Crippen LogP contribution in [0.4, 0.5) is 0 Å². The van der Waals surface area contributed by atoms with Crippen LogP contribution >= 0.6 is 11.6 Å². The maximum absolute atomic E-state index is 10.7. The number of rotatable bonds is 4. The minimum atomic E-state index is -1.92. The Kier molecular flexibility index (Phi) is 4.03. The van der Waals surface area contributed by atoms with Crippen molar-refractivity contribution in [3.63, 3.8) is 0 Å². The lowest BCUT2D eigenvalue weighted by molar-refractivity contribution is -0.147. The normalized spacial score (nSPS) is 12.0. The zero-order valence-electron chi connectivity index (χ0n) is 9.10. The summed E-state index contributed by atoms with van der Waals surface area (Å²) in [6.07, 6.45) is -1.92. The molecule has 0 bridgehead atoms. The van der Waals surface area contributed by atoms with Crippen molar-refractivity contribution in [2.24, 2.45) is 0 Å². The lowest BCUT2D eigenvalue weighted by Crippen LogP contribution is -2.13. The summed E-state index contributed by atoms with van der Waals surface area (Å²) in [5.41, 5.74) is -0.251. The van der Waals surface area contributed by atoms with Gasteiger partial charge in [0.1, 0.15) is 5.75 Å². The Balaban J connectivity index is 3.53. The van der Waals surface area contributed by atoms with Gasteiger partial charge in [-0.2, -0.15) is 0 Å². The highest BCUT2D eigenvalue weighted by atomic mass is 35.5. The molecule has 0 saturated heterocycles. The molecule has 0 aliphatic carbocycles. The molecule has 7 heteroatoms. The largest absolute Gasteiger partial charge is 0.506 e. The third-order valence-corrected chi connectivity index (χ3v) is 2.53. The Morgan fingerprint density at radius 2 is 2.00 bits per heavy atom. The average molecular weight is 263 g/mol. The lowest BCUT2D eigenvalue weighted by Gasteiger charge is -2.17. The van der Waals surface area contributed by atoms with E-state index in [0.717, 1.165) is 0 Å². The zero-order valence-corrected chi connectivity index (χ0v) is 9.85. The molecule has 1 aromatic carbocycles. The number of aliphatic carboxylic acids is 1. The standard InChI is InChI=1S/C10H11ClO6/c1-16-5-3-4(12)7(11)6(9(5)17-2)8(13)10(14)15/h3,8,12-13H,1-2H3,(H,14,15). The highest BCUT2D eigenvalue weighted by Crippen LogP contribution is 2.44. The summed E-state index contributed by atoms with van der Waals surface area (Å²) in [4.78, 5) is 10.7. The molecule has 94 valence electrons. The van der Waals surface area contributed by atoms with Crippen molar-refractivity contribution in [1.29, 1.82) is 0 Å². The molecule has 6 nitrogen and oxygen atoms in total. The number of carbonyl (C=O) groups is 1. The molecule has 0 radical (unpaired) electrons. The van der Waals surface area contributed by atoms with Crippen molar-refractivity contribution in [3.8, 4) is 17.2 Å². The first-order valence-electron chi connectivity index (χ1n) is 4.48. The third-order valence-electron chi connectivity index (χ3n) is 2.13. The molecule has 1 aromatic rings. The number of ether oxygens (including phenoxy) is 2. The number of aromatic hydroxyl groups is 1. The molecule has 3 N–H and O–H groups in total. The van der Waals surface area contributed by atoms with Crippen LogP contribution in [0.5, 0.6) is 17.2 Å². The van der Waals surface area contributed by atoms with E-state index in [1.165, 1.54) is 20.3 Å². The average Bonchev–Trinajstić information content (AvgIpc) is 2.30. The van der Waals surface area contributed by atoms with Gasteiger partial charge in [0.15, 0.2) is 17.6 Å². The number of carboxylic acids is 1. The summed E-state index contributed by atoms with van der Waals surface area (Å²) in [6.45, 7) is 0. The number of hydrogen-bond donors (Lipinski definition) is 3. The van der Waals surface area contributed by atoms with Crippen molar-refractivity contribution in [3.05, 3.63) is 16.7 Å². The second kappa shape index (κ2) is 5.11. The number of phenolic OH excluding ortho intramolecular Hbond substituents is 1. The Morgan fingerprint density at radius 3 is 2.41 bits per heavy atom. The molecular weight excluding hydrogens is 252 g/mol. The summed E-state index contributed by atoms with van der Waals surface area (Å²) < 4.78 is 9.83. The van der Waals surface area contributed by atoms with Crippen LogP contribution < -0.4 is 9.47 Å². The van der Waals surface area contributed by atoms with Crippen LogP contribution in [0.25, 0.3) is 0 Å². The van der Waals surface area contributed by atoms with Crippen LogP contribution in [-0.2, 0) is 4.79 Å². The van der Waals surface area contributed by atoms with Crippen LogP contribution in [-0.4, -0.2) is 35.5 Å². The van der Waals surface area contributed by atoms with Gasteiger partial charge in [-0.15, -0.1) is 0 Å². The van der Waals surface area contributed by atoms with Gasteiger partial charge in [0.2, 0.25) is 0 Å². The highest BCUT2D eigenvalue weighted by molar-refractivity contribution is 6.33. The van der Waals surface area contributed by atoms with E-state index in [9.17, 15) is 15.0 Å². The van der Waals surface area contributed by atoms with Gasteiger partial charge in [0.25, 0.3) is 0 Å². The fourth-order valence-corrected chi connectivity index (χ4v) is 1.60. The van der Waals surface area contributed by atoms with E-state index < -0.39 is 17.8 Å². The number of halogens is 1. The number of aliphatic hydroxyl groups excluding tert-OH is 1. The monoisotopic (exact) mass is 262 g/mol. The molecule has 1 rings (SSSR count). The summed E-state index contributed by atoms with van der Waals surface area (Å²) in [6, 6.07) is 1.17. The second-order valence-corrected chi connectivity index (χ2v) is 3.48. The van der Waals surface area contributed by atoms with E-state index in [1.54, 1.807) is 0 Å².